The smallest absolute Gasteiger partial charge is 0.244 e. The molecule has 1 aliphatic rings. The maximum Gasteiger partial charge on any atom is 0.244 e. The molecule has 2 aromatic rings. The van der Waals surface area contributed by atoms with Gasteiger partial charge in [-0.25, -0.2) is 8.42 Å². The third kappa shape index (κ3) is 5.97. The van der Waals surface area contributed by atoms with Gasteiger partial charge in [0, 0.05) is 19.7 Å². The number of carbonyl (C=O) groups is 2. The molecular weight excluding hydrogens is 474 g/mol. The van der Waals surface area contributed by atoms with Gasteiger partial charge in [0.25, 0.3) is 0 Å². The standard InChI is InChI=1S/C24H31N3O7S/c1-5-20(24(29)25-3)26(14-17-8-7-9-19(12-17)32-4)23(28)15-27(35(30,31)6-2)18-10-11-21-22(13-18)34-16-33-21/h7-13,20H,5-6,14-16H2,1-4H3,(H,25,29). The van der Waals surface area contributed by atoms with Crippen LogP contribution in [-0.2, 0) is 26.2 Å². The van der Waals surface area contributed by atoms with E-state index in [9.17, 15) is 18.0 Å². The lowest BCUT2D eigenvalue weighted by molar-refractivity contribution is -0.140. The van der Waals surface area contributed by atoms with Crippen molar-refractivity contribution in [2.45, 2.75) is 32.9 Å². The first-order valence-electron chi connectivity index (χ1n) is 11.3. The van der Waals surface area contributed by atoms with Crippen LogP contribution in [0.3, 0.4) is 0 Å². The van der Waals surface area contributed by atoms with E-state index in [1.165, 1.54) is 24.9 Å². The van der Waals surface area contributed by atoms with Gasteiger partial charge in [0.05, 0.1) is 18.6 Å². The first-order valence-corrected chi connectivity index (χ1v) is 12.9. The number of amides is 2. The third-order valence-electron chi connectivity index (χ3n) is 5.74. The van der Waals surface area contributed by atoms with E-state index in [4.69, 9.17) is 14.2 Å². The number of nitrogens with one attached hydrogen (secondary N) is 1. The van der Waals surface area contributed by atoms with Gasteiger partial charge in [0.15, 0.2) is 11.5 Å². The van der Waals surface area contributed by atoms with Crippen molar-refractivity contribution in [2.75, 3.05) is 37.6 Å². The van der Waals surface area contributed by atoms with Crippen LogP contribution in [0.4, 0.5) is 5.69 Å². The molecule has 0 bridgehead atoms. The summed E-state index contributed by atoms with van der Waals surface area (Å²) in [6, 6.07) is 11.1. The van der Waals surface area contributed by atoms with E-state index in [0.29, 0.717) is 23.7 Å². The van der Waals surface area contributed by atoms with Gasteiger partial charge < -0.3 is 24.4 Å². The summed E-state index contributed by atoms with van der Waals surface area (Å²) in [4.78, 5) is 27.7. The summed E-state index contributed by atoms with van der Waals surface area (Å²) < 4.78 is 43.1. The summed E-state index contributed by atoms with van der Waals surface area (Å²) in [5.74, 6) is 0.445. The van der Waals surface area contributed by atoms with Crippen molar-refractivity contribution in [2.24, 2.45) is 0 Å². The first kappa shape index (κ1) is 26.1. The number of ether oxygens (including phenoxy) is 3. The fourth-order valence-electron chi connectivity index (χ4n) is 3.81. The van der Waals surface area contributed by atoms with Gasteiger partial charge in [-0.05, 0) is 43.2 Å². The summed E-state index contributed by atoms with van der Waals surface area (Å²) in [6.45, 7) is 2.96. The Hall–Kier alpha value is -3.47. The van der Waals surface area contributed by atoms with Crippen LogP contribution in [0.15, 0.2) is 42.5 Å². The zero-order chi connectivity index (χ0) is 25.6. The zero-order valence-corrected chi connectivity index (χ0v) is 21.1. The Bertz CT molecular complexity index is 1170. The zero-order valence-electron chi connectivity index (χ0n) is 20.3. The molecule has 35 heavy (non-hydrogen) atoms. The average molecular weight is 506 g/mol. The Balaban J connectivity index is 1.97. The van der Waals surface area contributed by atoms with Gasteiger partial charge >= 0.3 is 0 Å². The number of nitrogens with zero attached hydrogens (tertiary/aromatic N) is 2. The van der Waals surface area contributed by atoms with Crippen molar-refractivity contribution in [3.05, 3.63) is 48.0 Å². The van der Waals surface area contributed by atoms with E-state index in [0.717, 1.165) is 9.87 Å². The Kier molecular flexibility index (Phi) is 8.44. The molecule has 3 rings (SSSR count). The molecular formula is C24H31N3O7S. The Morgan fingerprint density at radius 1 is 1.11 bits per heavy atom. The number of hydrogen-bond donors (Lipinski definition) is 1. The number of carbonyl (C=O) groups excluding carboxylic acids is 2. The molecule has 190 valence electrons. The predicted octanol–water partition coefficient (Wildman–Crippen LogP) is 2.13. The summed E-state index contributed by atoms with van der Waals surface area (Å²) in [6.07, 6.45) is 0.347. The second kappa shape index (κ2) is 11.3. The molecule has 1 heterocycles. The van der Waals surface area contributed by atoms with E-state index in [1.807, 2.05) is 6.07 Å². The van der Waals surface area contributed by atoms with Crippen LogP contribution in [0, 0.1) is 0 Å². The molecule has 0 saturated heterocycles. The number of rotatable bonds is 11. The van der Waals surface area contributed by atoms with E-state index < -0.39 is 28.5 Å². The average Bonchev–Trinajstić information content (AvgIpc) is 3.34. The first-order chi connectivity index (χ1) is 16.7. The lowest BCUT2D eigenvalue weighted by atomic mass is 10.1. The molecule has 11 heteroatoms. The molecule has 1 unspecified atom stereocenters. The van der Waals surface area contributed by atoms with Crippen LogP contribution in [0.2, 0.25) is 0 Å². The number of sulfonamides is 1. The highest BCUT2D eigenvalue weighted by Crippen LogP contribution is 2.36. The second-order valence-corrected chi connectivity index (χ2v) is 10.0. The summed E-state index contributed by atoms with van der Waals surface area (Å²) in [7, 11) is -0.791. The summed E-state index contributed by atoms with van der Waals surface area (Å²) >= 11 is 0. The van der Waals surface area contributed by atoms with Crippen molar-refractivity contribution in [1.82, 2.24) is 10.2 Å². The summed E-state index contributed by atoms with van der Waals surface area (Å²) in [5.41, 5.74) is 1.02. The number of anilines is 1. The molecule has 1 atom stereocenters. The molecule has 1 aliphatic heterocycles. The number of benzene rings is 2. The lowest BCUT2D eigenvalue weighted by Crippen LogP contribution is -2.52. The molecule has 10 nitrogen and oxygen atoms in total. The maximum atomic E-state index is 13.7. The van der Waals surface area contributed by atoms with E-state index >= 15 is 0 Å². The van der Waals surface area contributed by atoms with E-state index in [2.05, 4.69) is 5.32 Å². The predicted molar refractivity (Wildman–Crippen MR) is 131 cm³/mol. The van der Waals surface area contributed by atoms with Gasteiger partial charge in [-0.15, -0.1) is 0 Å². The van der Waals surface area contributed by atoms with Crippen molar-refractivity contribution in [3.63, 3.8) is 0 Å². The van der Waals surface area contributed by atoms with Crippen LogP contribution in [0.25, 0.3) is 0 Å². The van der Waals surface area contributed by atoms with Crippen LogP contribution >= 0.6 is 0 Å². The Morgan fingerprint density at radius 3 is 2.51 bits per heavy atom. The molecule has 0 radical (unpaired) electrons. The minimum absolute atomic E-state index is 0.0386. The molecule has 0 fully saturated rings. The second-order valence-electron chi connectivity index (χ2n) is 7.86. The van der Waals surface area contributed by atoms with Gasteiger partial charge in [-0.2, -0.15) is 0 Å². The van der Waals surface area contributed by atoms with Crippen molar-refractivity contribution >= 4 is 27.5 Å². The van der Waals surface area contributed by atoms with E-state index in [1.54, 1.807) is 44.4 Å². The summed E-state index contributed by atoms with van der Waals surface area (Å²) in [5, 5.41) is 2.59. The molecule has 0 aromatic heterocycles. The minimum Gasteiger partial charge on any atom is -0.497 e. The molecule has 1 N–H and O–H groups in total. The van der Waals surface area contributed by atoms with Crippen molar-refractivity contribution in [1.29, 1.82) is 0 Å². The largest absolute Gasteiger partial charge is 0.497 e. The fraction of sp³-hybridized carbons (Fsp3) is 0.417. The minimum atomic E-state index is -3.83. The Morgan fingerprint density at radius 2 is 1.86 bits per heavy atom. The van der Waals surface area contributed by atoms with Crippen LogP contribution in [0.1, 0.15) is 25.8 Å². The van der Waals surface area contributed by atoms with Crippen LogP contribution in [0.5, 0.6) is 17.2 Å². The third-order valence-corrected chi connectivity index (χ3v) is 7.48. The van der Waals surface area contributed by atoms with Gasteiger partial charge in [0.1, 0.15) is 18.3 Å². The number of methoxy groups -OCH3 is 1. The SMILES string of the molecule is CCC(C(=O)NC)N(Cc1cccc(OC)c1)C(=O)CN(c1ccc2c(c1)OCO2)S(=O)(=O)CC. The molecule has 0 spiro atoms. The molecule has 2 aromatic carbocycles. The van der Waals surface area contributed by atoms with Crippen LogP contribution < -0.4 is 23.8 Å². The maximum absolute atomic E-state index is 13.7. The van der Waals surface area contributed by atoms with E-state index in [-0.39, 0.29) is 30.7 Å². The van der Waals surface area contributed by atoms with Gasteiger partial charge in [-0.3, -0.25) is 13.9 Å². The number of likely N-dealkylation sites (N-methyl/N-ethyl adjacent to an activating group) is 1. The number of hydrogen-bond acceptors (Lipinski definition) is 7. The molecule has 0 aliphatic carbocycles. The normalized spacial score (nSPS) is 13.1. The highest BCUT2D eigenvalue weighted by Gasteiger charge is 2.32. The highest BCUT2D eigenvalue weighted by molar-refractivity contribution is 7.92. The number of fused-ring (bicyclic) bond motifs is 1. The lowest BCUT2D eigenvalue weighted by Gasteiger charge is -2.33. The Labute approximate surface area is 205 Å². The molecule has 2 amide bonds. The molecule has 0 saturated carbocycles. The van der Waals surface area contributed by atoms with Crippen LogP contribution in [-0.4, -0.2) is 64.4 Å². The van der Waals surface area contributed by atoms with Crippen molar-refractivity contribution in [3.8, 4) is 17.2 Å². The van der Waals surface area contributed by atoms with Gasteiger partial charge in [0.2, 0.25) is 28.6 Å². The quantitative estimate of drug-likeness (QED) is 0.498. The highest BCUT2D eigenvalue weighted by atomic mass is 32.2. The monoisotopic (exact) mass is 505 g/mol. The fourth-order valence-corrected chi connectivity index (χ4v) is 4.87. The van der Waals surface area contributed by atoms with Gasteiger partial charge in [-0.1, -0.05) is 19.1 Å². The topological polar surface area (TPSA) is 114 Å². The van der Waals surface area contributed by atoms with Crippen molar-refractivity contribution < 1.29 is 32.2 Å².